The number of hydrogen-bond acceptors (Lipinski definition) is 7. The molecule has 43 heavy (non-hydrogen) atoms. The summed E-state index contributed by atoms with van der Waals surface area (Å²) in [6.45, 7) is 3.81. The number of anilines is 1. The van der Waals surface area contributed by atoms with E-state index in [4.69, 9.17) is 19.3 Å². The largest absolute Gasteiger partial charge is 0.497 e. The number of aromatic nitrogens is 2. The van der Waals surface area contributed by atoms with Crippen molar-refractivity contribution in [3.63, 3.8) is 0 Å². The van der Waals surface area contributed by atoms with Crippen molar-refractivity contribution in [2.75, 3.05) is 38.5 Å². The number of carbonyl (C=O) groups is 2. The van der Waals surface area contributed by atoms with E-state index < -0.39 is 0 Å². The Hall–Kier alpha value is -4.44. The molecule has 3 aromatic carbocycles. The van der Waals surface area contributed by atoms with Gasteiger partial charge in [0.25, 0.3) is 0 Å². The van der Waals surface area contributed by atoms with Crippen molar-refractivity contribution < 1.29 is 23.8 Å². The molecule has 0 saturated heterocycles. The number of fused-ring (bicyclic) bond motifs is 1. The molecule has 0 unspecified atom stereocenters. The quantitative estimate of drug-likeness (QED) is 0.251. The maximum absolute atomic E-state index is 14.0. The monoisotopic (exact) mass is 600 g/mol. The Morgan fingerprint density at radius 3 is 2.35 bits per heavy atom. The Morgan fingerprint density at radius 1 is 1.00 bits per heavy atom. The highest BCUT2D eigenvalue weighted by molar-refractivity contribution is 8.00. The van der Waals surface area contributed by atoms with Gasteiger partial charge in [-0.1, -0.05) is 37.3 Å². The summed E-state index contributed by atoms with van der Waals surface area (Å²) in [7, 11) is 4.86. The molecule has 0 radical (unpaired) electrons. The first-order valence-electron chi connectivity index (χ1n) is 14.1. The Kier molecular flexibility index (Phi) is 9.25. The molecule has 0 aliphatic carbocycles. The predicted molar refractivity (Wildman–Crippen MR) is 170 cm³/mol. The topological polar surface area (TPSA) is 94.9 Å². The molecule has 1 aliphatic heterocycles. The summed E-state index contributed by atoms with van der Waals surface area (Å²) in [5.74, 6) is 2.28. The summed E-state index contributed by atoms with van der Waals surface area (Å²) in [5, 5.41) is 7.79. The summed E-state index contributed by atoms with van der Waals surface area (Å²) >= 11 is 1.48. The molecule has 4 aromatic rings. The van der Waals surface area contributed by atoms with Gasteiger partial charge in [0.15, 0.2) is 0 Å². The maximum Gasteiger partial charge on any atom is 0.240 e. The van der Waals surface area contributed by atoms with Crippen LogP contribution in [-0.4, -0.2) is 61.3 Å². The van der Waals surface area contributed by atoms with Crippen molar-refractivity contribution in [1.29, 1.82) is 0 Å². The fraction of sp³-hybridized carbons (Fsp3) is 0.303. The number of benzene rings is 3. The average Bonchev–Trinajstić information content (AvgIpc) is 3.37. The van der Waals surface area contributed by atoms with Gasteiger partial charge in [0, 0.05) is 22.7 Å². The van der Waals surface area contributed by atoms with Gasteiger partial charge in [-0.3, -0.25) is 14.5 Å². The van der Waals surface area contributed by atoms with E-state index >= 15 is 0 Å². The van der Waals surface area contributed by atoms with Crippen molar-refractivity contribution in [2.45, 2.75) is 31.6 Å². The van der Waals surface area contributed by atoms with Crippen molar-refractivity contribution in [3.05, 3.63) is 83.9 Å². The number of nitrogens with zero attached hydrogens (tertiary/aromatic N) is 3. The number of amides is 2. The van der Waals surface area contributed by atoms with Gasteiger partial charge in [-0.2, -0.15) is 5.10 Å². The van der Waals surface area contributed by atoms with Gasteiger partial charge in [0.05, 0.1) is 43.7 Å². The van der Waals surface area contributed by atoms with Gasteiger partial charge < -0.3 is 19.5 Å². The Labute approximate surface area is 256 Å². The minimum atomic E-state index is -0.367. The number of ether oxygens (including phenoxy) is 3. The zero-order chi connectivity index (χ0) is 30.5. The highest BCUT2D eigenvalue weighted by Gasteiger charge is 2.39. The Morgan fingerprint density at radius 2 is 1.70 bits per heavy atom. The molecule has 2 heterocycles. The molecule has 5 rings (SSSR count). The van der Waals surface area contributed by atoms with Gasteiger partial charge in [-0.05, 0) is 55.8 Å². The van der Waals surface area contributed by atoms with Crippen LogP contribution >= 0.6 is 11.8 Å². The van der Waals surface area contributed by atoms with Crippen LogP contribution in [0.4, 0.5) is 5.82 Å². The van der Waals surface area contributed by atoms with E-state index in [2.05, 4.69) is 5.32 Å². The van der Waals surface area contributed by atoms with E-state index in [0.717, 1.165) is 28.8 Å². The van der Waals surface area contributed by atoms with Crippen LogP contribution in [0.2, 0.25) is 0 Å². The Bertz CT molecular complexity index is 1590. The summed E-state index contributed by atoms with van der Waals surface area (Å²) in [5.41, 5.74) is 3.97. The fourth-order valence-corrected chi connectivity index (χ4v) is 6.30. The van der Waals surface area contributed by atoms with Gasteiger partial charge in [-0.15, -0.1) is 11.8 Å². The molecular formula is C33H36N4O5S. The van der Waals surface area contributed by atoms with E-state index in [1.165, 1.54) is 11.8 Å². The molecule has 1 aliphatic rings. The molecular weight excluding hydrogens is 564 g/mol. The number of carbonyl (C=O) groups excluding carboxylic acids is 2. The first-order chi connectivity index (χ1) is 20.9. The zero-order valence-corrected chi connectivity index (χ0v) is 25.8. The number of nitrogens with one attached hydrogen (secondary N) is 1. The molecule has 0 bridgehead atoms. The molecule has 0 spiro atoms. The van der Waals surface area contributed by atoms with E-state index in [1.807, 2.05) is 86.6 Å². The standard InChI is InChI=1S/C33H36N4O5S/c1-6-21(2)34-28(38)19-36-29(39)20-43-32(26-18-25(41-4)16-17-27(26)42-5)30-31(22-10-8-7-9-11-22)35-37(33(30)36)23-12-14-24(40-3)15-13-23/h7-18,21,32H,6,19-20H2,1-5H3,(H,34,38)/t21-,32-/m1/s1. The SMILES string of the molecule is CC[C@@H](C)NC(=O)CN1C(=O)CS[C@H](c2cc(OC)ccc2OC)c2c(-c3ccccc3)nn(-c3ccc(OC)cc3)c21. The Balaban J connectivity index is 1.81. The molecule has 2 atom stereocenters. The van der Waals surface area contributed by atoms with E-state index in [9.17, 15) is 9.59 Å². The van der Waals surface area contributed by atoms with Crippen molar-refractivity contribution in [1.82, 2.24) is 15.1 Å². The highest BCUT2D eigenvalue weighted by Crippen LogP contribution is 2.51. The van der Waals surface area contributed by atoms with Crippen molar-refractivity contribution in [3.8, 4) is 34.2 Å². The molecule has 0 saturated carbocycles. The van der Waals surface area contributed by atoms with Gasteiger partial charge in [0.2, 0.25) is 11.8 Å². The summed E-state index contributed by atoms with van der Waals surface area (Å²) in [6.07, 6.45) is 0.778. The number of hydrogen-bond donors (Lipinski definition) is 1. The second-order valence-corrected chi connectivity index (χ2v) is 11.3. The second kappa shape index (κ2) is 13.2. The highest BCUT2D eigenvalue weighted by atomic mass is 32.2. The average molecular weight is 601 g/mol. The molecule has 1 N–H and O–H groups in total. The summed E-state index contributed by atoms with van der Waals surface area (Å²) < 4.78 is 18.6. The van der Waals surface area contributed by atoms with E-state index in [1.54, 1.807) is 30.9 Å². The number of methoxy groups -OCH3 is 3. The third kappa shape index (κ3) is 6.19. The summed E-state index contributed by atoms with van der Waals surface area (Å²) in [6, 6.07) is 23.0. The second-order valence-electron chi connectivity index (χ2n) is 10.2. The van der Waals surface area contributed by atoms with Crippen LogP contribution in [0, 0.1) is 0 Å². The number of rotatable bonds is 10. The van der Waals surface area contributed by atoms with Crippen LogP contribution in [0.15, 0.2) is 72.8 Å². The first kappa shape index (κ1) is 30.0. The van der Waals surface area contributed by atoms with Gasteiger partial charge >= 0.3 is 0 Å². The molecule has 9 nitrogen and oxygen atoms in total. The third-order valence-electron chi connectivity index (χ3n) is 7.49. The van der Waals surface area contributed by atoms with Gasteiger partial charge in [-0.25, -0.2) is 4.68 Å². The first-order valence-corrected chi connectivity index (χ1v) is 15.2. The molecule has 0 fully saturated rings. The van der Waals surface area contributed by atoms with E-state index in [-0.39, 0.29) is 35.4 Å². The van der Waals surface area contributed by atoms with Crippen LogP contribution < -0.4 is 24.4 Å². The normalized spacial score (nSPS) is 15.3. The lowest BCUT2D eigenvalue weighted by atomic mass is 9.98. The van der Waals surface area contributed by atoms with Crippen molar-refractivity contribution >= 4 is 29.4 Å². The molecule has 224 valence electrons. The molecule has 2 amide bonds. The smallest absolute Gasteiger partial charge is 0.240 e. The minimum absolute atomic E-state index is 0.0244. The van der Waals surface area contributed by atoms with Crippen molar-refractivity contribution in [2.24, 2.45) is 0 Å². The lowest BCUT2D eigenvalue weighted by Crippen LogP contribution is -2.44. The molecule has 10 heteroatoms. The fourth-order valence-electron chi connectivity index (χ4n) is 5.09. The minimum Gasteiger partial charge on any atom is -0.497 e. The molecule has 1 aromatic heterocycles. The van der Waals surface area contributed by atoms with Crippen LogP contribution in [0.25, 0.3) is 16.9 Å². The third-order valence-corrected chi connectivity index (χ3v) is 8.73. The maximum atomic E-state index is 14.0. The lowest BCUT2D eigenvalue weighted by Gasteiger charge is -2.24. The van der Waals surface area contributed by atoms with Crippen LogP contribution in [0.1, 0.15) is 36.6 Å². The van der Waals surface area contributed by atoms with Crippen LogP contribution in [0.5, 0.6) is 17.2 Å². The van der Waals surface area contributed by atoms with Gasteiger partial charge in [0.1, 0.15) is 29.6 Å². The van der Waals surface area contributed by atoms with Crippen LogP contribution in [0.3, 0.4) is 0 Å². The summed E-state index contributed by atoms with van der Waals surface area (Å²) in [4.78, 5) is 28.8. The van der Waals surface area contributed by atoms with E-state index in [0.29, 0.717) is 28.8 Å². The number of thioether (sulfide) groups is 1. The van der Waals surface area contributed by atoms with Crippen LogP contribution in [-0.2, 0) is 9.59 Å². The predicted octanol–water partition coefficient (Wildman–Crippen LogP) is 5.65. The lowest BCUT2D eigenvalue weighted by molar-refractivity contribution is -0.123. The zero-order valence-electron chi connectivity index (χ0n) is 25.0.